The molecule has 0 bridgehead atoms. The fourth-order valence-corrected chi connectivity index (χ4v) is 2.49. The summed E-state index contributed by atoms with van der Waals surface area (Å²) in [7, 11) is 1.15. The van der Waals surface area contributed by atoms with Crippen molar-refractivity contribution in [3.8, 4) is 0 Å². The van der Waals surface area contributed by atoms with Gasteiger partial charge in [-0.25, -0.2) is 14.4 Å². The highest BCUT2D eigenvalue weighted by atomic mass is 16.6. The van der Waals surface area contributed by atoms with Crippen molar-refractivity contribution in [2.24, 2.45) is 0 Å². The predicted molar refractivity (Wildman–Crippen MR) is 115 cm³/mol. The summed E-state index contributed by atoms with van der Waals surface area (Å²) >= 11 is 0. The van der Waals surface area contributed by atoms with Crippen molar-refractivity contribution in [3.05, 3.63) is 48.6 Å². The highest BCUT2D eigenvalue weighted by Crippen LogP contribution is 2.21. The summed E-state index contributed by atoms with van der Waals surface area (Å²) in [6, 6.07) is 7.72. The van der Waals surface area contributed by atoms with Crippen LogP contribution in [0.1, 0.15) is 47.1 Å². The number of ether oxygens (including phenoxy) is 4. The van der Waals surface area contributed by atoms with E-state index in [9.17, 15) is 14.4 Å². The van der Waals surface area contributed by atoms with Gasteiger partial charge in [0, 0.05) is 0 Å². The molecule has 0 N–H and O–H groups in total. The average molecular weight is 436 g/mol. The maximum Gasteiger partial charge on any atom is 0.420 e. The van der Waals surface area contributed by atoms with Crippen LogP contribution in [0.2, 0.25) is 0 Å². The summed E-state index contributed by atoms with van der Waals surface area (Å²) in [5.74, 6) is -0.880. The van der Waals surface area contributed by atoms with E-state index in [0.29, 0.717) is 4.90 Å². The first kappa shape index (κ1) is 26.2. The predicted octanol–water partition coefficient (Wildman–Crippen LogP) is 4.47. The normalized spacial score (nSPS) is 13.5. The van der Waals surface area contributed by atoms with Crippen molar-refractivity contribution < 1.29 is 33.3 Å². The molecule has 8 nitrogen and oxygen atoms in total. The first-order chi connectivity index (χ1) is 14.3. The van der Waals surface area contributed by atoms with Crippen LogP contribution >= 0.6 is 0 Å². The van der Waals surface area contributed by atoms with E-state index in [1.807, 2.05) is 30.3 Å². The van der Waals surface area contributed by atoms with Gasteiger partial charge in [0.05, 0.1) is 13.7 Å². The minimum absolute atomic E-state index is 0.113. The van der Waals surface area contributed by atoms with Gasteiger partial charge in [-0.15, -0.1) is 6.58 Å². The number of amides is 2. The van der Waals surface area contributed by atoms with Gasteiger partial charge in [0.2, 0.25) is 0 Å². The van der Waals surface area contributed by atoms with Crippen molar-refractivity contribution in [2.75, 3.05) is 7.11 Å². The zero-order valence-electron chi connectivity index (χ0n) is 19.3. The summed E-state index contributed by atoms with van der Waals surface area (Å²) in [4.78, 5) is 39.2. The van der Waals surface area contributed by atoms with Gasteiger partial charge in [-0.3, -0.25) is 0 Å². The summed E-state index contributed by atoms with van der Waals surface area (Å²) in [6.45, 7) is 13.7. The summed E-state index contributed by atoms with van der Waals surface area (Å²) in [5, 5.41) is 0. The van der Waals surface area contributed by atoms with Gasteiger partial charge in [-0.1, -0.05) is 36.4 Å². The van der Waals surface area contributed by atoms with E-state index in [-0.39, 0.29) is 6.61 Å². The van der Waals surface area contributed by atoms with Crippen LogP contribution in [-0.2, 0) is 30.3 Å². The van der Waals surface area contributed by atoms with Crippen LogP contribution in [0.4, 0.5) is 9.59 Å². The molecular formula is C23H33NO7. The quantitative estimate of drug-likeness (QED) is 0.354. The molecule has 0 aliphatic rings. The number of hydrogen-bond donors (Lipinski definition) is 0. The van der Waals surface area contributed by atoms with Crippen molar-refractivity contribution in [1.82, 2.24) is 4.90 Å². The van der Waals surface area contributed by atoms with Crippen LogP contribution in [0.3, 0.4) is 0 Å². The summed E-state index contributed by atoms with van der Waals surface area (Å²) < 4.78 is 21.4. The van der Waals surface area contributed by atoms with E-state index < -0.39 is 41.5 Å². The second-order valence-electron chi connectivity index (χ2n) is 8.80. The highest BCUT2D eigenvalue weighted by molar-refractivity contribution is 5.94. The lowest BCUT2D eigenvalue weighted by molar-refractivity contribution is -0.151. The molecule has 0 aromatic heterocycles. The molecule has 1 rings (SSSR count). The molecule has 0 radical (unpaired) electrons. The number of imide groups is 1. The van der Waals surface area contributed by atoms with Crippen molar-refractivity contribution >= 4 is 18.2 Å². The molecule has 2 amide bonds. The first-order valence-electron chi connectivity index (χ1n) is 9.90. The van der Waals surface area contributed by atoms with Crippen LogP contribution in [0, 0.1) is 0 Å². The molecule has 0 heterocycles. The Hall–Kier alpha value is -2.87. The van der Waals surface area contributed by atoms with E-state index in [1.165, 1.54) is 6.08 Å². The van der Waals surface area contributed by atoms with Crippen molar-refractivity contribution in [3.63, 3.8) is 0 Å². The van der Waals surface area contributed by atoms with Gasteiger partial charge < -0.3 is 18.9 Å². The summed E-state index contributed by atoms with van der Waals surface area (Å²) in [6.07, 6.45) is -1.88. The molecule has 2 atom stereocenters. The number of carbonyl (C=O) groups is 3. The van der Waals surface area contributed by atoms with Crippen LogP contribution < -0.4 is 0 Å². The van der Waals surface area contributed by atoms with E-state index in [4.69, 9.17) is 18.9 Å². The van der Waals surface area contributed by atoms with E-state index in [1.54, 1.807) is 41.5 Å². The molecule has 0 saturated heterocycles. The Bertz CT molecular complexity index is 734. The second kappa shape index (κ2) is 10.9. The number of nitrogens with zero attached hydrogens (tertiary/aromatic N) is 1. The highest BCUT2D eigenvalue weighted by Gasteiger charge is 2.45. The largest absolute Gasteiger partial charge is 0.467 e. The number of hydrogen-bond acceptors (Lipinski definition) is 7. The van der Waals surface area contributed by atoms with Crippen molar-refractivity contribution in [1.29, 1.82) is 0 Å². The molecule has 0 unspecified atom stereocenters. The molecule has 0 aliphatic carbocycles. The van der Waals surface area contributed by atoms with Crippen LogP contribution in [0.5, 0.6) is 0 Å². The third kappa shape index (κ3) is 8.80. The number of methoxy groups -OCH3 is 1. The number of benzene rings is 1. The molecule has 0 fully saturated rings. The number of rotatable bonds is 7. The summed E-state index contributed by atoms with van der Waals surface area (Å²) in [5.41, 5.74) is -1.02. The van der Waals surface area contributed by atoms with Gasteiger partial charge in [0.25, 0.3) is 0 Å². The minimum atomic E-state index is -1.50. The Balaban J connectivity index is 3.33. The molecule has 8 heteroatoms. The first-order valence-corrected chi connectivity index (χ1v) is 9.90. The van der Waals surface area contributed by atoms with E-state index in [0.717, 1.165) is 12.7 Å². The third-order valence-electron chi connectivity index (χ3n) is 3.73. The lowest BCUT2D eigenvalue weighted by Crippen LogP contribution is -2.57. The van der Waals surface area contributed by atoms with Crippen LogP contribution in [0.25, 0.3) is 0 Å². The Morgan fingerprint density at radius 2 is 1.45 bits per heavy atom. The van der Waals surface area contributed by atoms with Gasteiger partial charge in [-0.2, -0.15) is 4.90 Å². The molecule has 31 heavy (non-hydrogen) atoms. The smallest absolute Gasteiger partial charge is 0.420 e. The Labute approximate surface area is 184 Å². The zero-order valence-corrected chi connectivity index (χ0v) is 19.3. The fraction of sp³-hybridized carbons (Fsp3) is 0.522. The molecule has 1 aromatic carbocycles. The van der Waals surface area contributed by atoms with E-state index >= 15 is 0 Å². The number of carbonyl (C=O) groups excluding carboxylic acids is 3. The van der Waals surface area contributed by atoms with Gasteiger partial charge in [0.15, 0.2) is 6.04 Å². The topological polar surface area (TPSA) is 91.4 Å². The minimum Gasteiger partial charge on any atom is -0.467 e. The maximum atomic E-state index is 12.9. The van der Waals surface area contributed by atoms with Crippen molar-refractivity contribution in [2.45, 2.75) is 71.5 Å². The second-order valence-corrected chi connectivity index (χ2v) is 8.80. The SMILES string of the molecule is C=C[C@H](OCc1ccccc1)[C@H](C(=O)OC)N(C(=O)OC(C)(C)C)C(=O)OC(C)(C)C. The molecule has 0 aliphatic heterocycles. The molecule has 172 valence electrons. The molecule has 0 spiro atoms. The Kier molecular flexibility index (Phi) is 9.24. The van der Waals surface area contributed by atoms with Crippen LogP contribution in [-0.4, -0.2) is 53.5 Å². The van der Waals surface area contributed by atoms with Gasteiger partial charge in [0.1, 0.15) is 17.3 Å². The molecule has 1 aromatic rings. The Morgan fingerprint density at radius 1 is 0.968 bits per heavy atom. The average Bonchev–Trinajstić information content (AvgIpc) is 2.64. The fourth-order valence-electron chi connectivity index (χ4n) is 2.49. The number of esters is 1. The van der Waals surface area contributed by atoms with Gasteiger partial charge in [-0.05, 0) is 47.1 Å². The lowest BCUT2D eigenvalue weighted by Gasteiger charge is -2.34. The molecular weight excluding hydrogens is 402 g/mol. The lowest BCUT2D eigenvalue weighted by atomic mass is 10.1. The monoisotopic (exact) mass is 435 g/mol. The molecule has 0 saturated carbocycles. The van der Waals surface area contributed by atoms with Gasteiger partial charge >= 0.3 is 18.2 Å². The van der Waals surface area contributed by atoms with Crippen LogP contribution in [0.15, 0.2) is 43.0 Å². The van der Waals surface area contributed by atoms with E-state index in [2.05, 4.69) is 6.58 Å². The maximum absolute atomic E-state index is 12.9. The Morgan fingerprint density at radius 3 is 1.84 bits per heavy atom. The third-order valence-corrected chi connectivity index (χ3v) is 3.73. The zero-order chi connectivity index (χ0) is 23.8. The standard InChI is InChI=1S/C23H33NO7/c1-9-17(29-15-16-13-11-10-12-14-16)18(19(25)28-8)24(20(26)30-22(2,3)4)21(27)31-23(5,6)7/h9-14,17-18H,1,15H2,2-8H3/t17-,18+/m0/s1.